The molecule has 5 heteroatoms. The SMILES string of the molecule is CS(=O)(=O)c1ccc(C2=C(C#Cc3ccc(F)cc3)C(O)CC2)cc1. The Balaban J connectivity index is 1.97. The topological polar surface area (TPSA) is 54.4 Å². The second-order valence-electron chi connectivity index (χ2n) is 6.00. The number of sulfone groups is 1. The van der Waals surface area contributed by atoms with Crippen LogP contribution in [-0.2, 0) is 9.84 Å². The van der Waals surface area contributed by atoms with E-state index in [9.17, 15) is 17.9 Å². The molecule has 0 aromatic heterocycles. The third kappa shape index (κ3) is 3.98. The van der Waals surface area contributed by atoms with E-state index in [-0.39, 0.29) is 10.7 Å². The van der Waals surface area contributed by atoms with Crippen LogP contribution in [-0.4, -0.2) is 25.9 Å². The van der Waals surface area contributed by atoms with E-state index in [0.717, 1.165) is 11.1 Å². The number of aliphatic hydroxyl groups excluding tert-OH is 1. The van der Waals surface area contributed by atoms with Gasteiger partial charge in [-0.05, 0) is 60.4 Å². The summed E-state index contributed by atoms with van der Waals surface area (Å²) in [5, 5.41) is 10.2. The molecule has 0 fully saturated rings. The standard InChI is InChI=1S/C20H17FO3S/c1-25(23,24)17-9-5-15(6-10-17)18-12-13-20(22)19(18)11-4-14-2-7-16(21)8-3-14/h2-3,5-10,20,22H,12-13H2,1H3. The summed E-state index contributed by atoms with van der Waals surface area (Å²) in [7, 11) is -3.24. The van der Waals surface area contributed by atoms with Crippen molar-refractivity contribution in [1.29, 1.82) is 0 Å². The average Bonchev–Trinajstić information content (AvgIpc) is 2.94. The largest absolute Gasteiger partial charge is 0.388 e. The van der Waals surface area contributed by atoms with Crippen molar-refractivity contribution in [2.45, 2.75) is 23.8 Å². The van der Waals surface area contributed by atoms with Gasteiger partial charge in [0.15, 0.2) is 9.84 Å². The van der Waals surface area contributed by atoms with Gasteiger partial charge in [0, 0.05) is 17.4 Å². The summed E-state index contributed by atoms with van der Waals surface area (Å²) in [5.74, 6) is 5.63. The molecule has 0 radical (unpaired) electrons. The number of halogens is 1. The van der Waals surface area contributed by atoms with E-state index < -0.39 is 15.9 Å². The molecule has 0 aliphatic heterocycles. The summed E-state index contributed by atoms with van der Waals surface area (Å²) in [6, 6.07) is 12.5. The lowest BCUT2D eigenvalue weighted by atomic mass is 10.0. The van der Waals surface area contributed by atoms with E-state index in [1.807, 2.05) is 0 Å². The minimum atomic E-state index is -3.24. The molecular formula is C20H17FO3S. The Kier molecular flexibility index (Phi) is 4.76. The lowest BCUT2D eigenvalue weighted by Crippen LogP contribution is -2.03. The molecule has 2 aromatic carbocycles. The Labute approximate surface area is 146 Å². The maximum atomic E-state index is 12.9. The monoisotopic (exact) mass is 356 g/mol. The molecule has 1 aliphatic rings. The summed E-state index contributed by atoms with van der Waals surface area (Å²) >= 11 is 0. The van der Waals surface area contributed by atoms with Crippen LogP contribution >= 0.6 is 0 Å². The predicted octanol–water partition coefficient (Wildman–Crippen LogP) is 3.19. The van der Waals surface area contributed by atoms with Crippen molar-refractivity contribution < 1.29 is 17.9 Å². The fraction of sp³-hybridized carbons (Fsp3) is 0.200. The summed E-state index contributed by atoms with van der Waals surface area (Å²) in [4.78, 5) is 0.259. The molecule has 3 rings (SSSR count). The Hall–Kier alpha value is -2.42. The lowest BCUT2D eigenvalue weighted by Gasteiger charge is -2.06. The molecule has 128 valence electrons. The highest BCUT2D eigenvalue weighted by molar-refractivity contribution is 7.90. The number of allylic oxidation sites excluding steroid dienone is 1. The van der Waals surface area contributed by atoms with E-state index in [1.165, 1.54) is 18.4 Å². The van der Waals surface area contributed by atoms with E-state index in [1.54, 1.807) is 36.4 Å². The van der Waals surface area contributed by atoms with Gasteiger partial charge in [-0.2, -0.15) is 0 Å². The zero-order chi connectivity index (χ0) is 18.0. The number of benzene rings is 2. The zero-order valence-corrected chi connectivity index (χ0v) is 14.5. The van der Waals surface area contributed by atoms with Gasteiger partial charge in [0.1, 0.15) is 5.82 Å². The van der Waals surface area contributed by atoms with E-state index in [0.29, 0.717) is 24.0 Å². The average molecular weight is 356 g/mol. The van der Waals surface area contributed by atoms with Crippen LogP contribution in [0, 0.1) is 17.7 Å². The highest BCUT2D eigenvalue weighted by atomic mass is 32.2. The van der Waals surface area contributed by atoms with Crippen molar-refractivity contribution in [3.63, 3.8) is 0 Å². The zero-order valence-electron chi connectivity index (χ0n) is 13.7. The first-order valence-corrected chi connectivity index (χ1v) is 9.73. The van der Waals surface area contributed by atoms with Crippen molar-refractivity contribution in [3.8, 4) is 11.8 Å². The summed E-state index contributed by atoms with van der Waals surface area (Å²) in [5.41, 5.74) is 3.07. The van der Waals surface area contributed by atoms with Crippen molar-refractivity contribution in [1.82, 2.24) is 0 Å². The molecule has 0 saturated heterocycles. The molecule has 0 saturated carbocycles. The first-order chi connectivity index (χ1) is 11.8. The molecule has 0 heterocycles. The fourth-order valence-corrected chi connectivity index (χ4v) is 3.43. The molecule has 3 nitrogen and oxygen atoms in total. The molecule has 0 bridgehead atoms. The van der Waals surface area contributed by atoms with Crippen molar-refractivity contribution in [2.24, 2.45) is 0 Å². The van der Waals surface area contributed by atoms with Gasteiger partial charge >= 0.3 is 0 Å². The molecule has 1 aliphatic carbocycles. The summed E-state index contributed by atoms with van der Waals surface area (Å²) < 4.78 is 36.1. The van der Waals surface area contributed by atoms with Gasteiger partial charge in [-0.15, -0.1) is 0 Å². The van der Waals surface area contributed by atoms with Crippen LogP contribution in [0.2, 0.25) is 0 Å². The number of hydrogen-bond acceptors (Lipinski definition) is 3. The third-order valence-electron chi connectivity index (χ3n) is 4.14. The first-order valence-electron chi connectivity index (χ1n) is 7.84. The van der Waals surface area contributed by atoms with Crippen molar-refractivity contribution in [3.05, 3.63) is 71.0 Å². The molecular weight excluding hydrogens is 339 g/mol. The van der Waals surface area contributed by atoms with Gasteiger partial charge in [-0.1, -0.05) is 24.0 Å². The van der Waals surface area contributed by atoms with E-state index in [4.69, 9.17) is 0 Å². The molecule has 1 atom stereocenters. The van der Waals surface area contributed by atoms with Gasteiger partial charge in [0.05, 0.1) is 11.0 Å². The van der Waals surface area contributed by atoms with Crippen LogP contribution < -0.4 is 0 Å². The second-order valence-corrected chi connectivity index (χ2v) is 8.02. The van der Waals surface area contributed by atoms with Crippen LogP contribution in [0.15, 0.2) is 59.0 Å². The van der Waals surface area contributed by atoms with Crippen LogP contribution in [0.3, 0.4) is 0 Å². The first kappa shape index (κ1) is 17.4. The van der Waals surface area contributed by atoms with E-state index in [2.05, 4.69) is 11.8 Å². The summed E-state index contributed by atoms with van der Waals surface area (Å²) in [6.07, 6.45) is 1.78. The Morgan fingerprint density at radius 3 is 2.28 bits per heavy atom. The van der Waals surface area contributed by atoms with Crippen LogP contribution in [0.5, 0.6) is 0 Å². The Morgan fingerprint density at radius 2 is 1.68 bits per heavy atom. The van der Waals surface area contributed by atoms with Gasteiger partial charge < -0.3 is 5.11 Å². The normalized spacial score (nSPS) is 17.3. The summed E-state index contributed by atoms with van der Waals surface area (Å²) in [6.45, 7) is 0. The molecule has 1 N–H and O–H groups in total. The number of aliphatic hydroxyl groups is 1. The Morgan fingerprint density at radius 1 is 1.04 bits per heavy atom. The highest BCUT2D eigenvalue weighted by Gasteiger charge is 2.23. The molecule has 25 heavy (non-hydrogen) atoms. The Bertz CT molecular complexity index is 976. The lowest BCUT2D eigenvalue weighted by molar-refractivity contribution is 0.216. The van der Waals surface area contributed by atoms with Crippen molar-refractivity contribution in [2.75, 3.05) is 6.26 Å². The second kappa shape index (κ2) is 6.83. The fourth-order valence-electron chi connectivity index (χ4n) is 2.80. The molecule has 0 spiro atoms. The minimum absolute atomic E-state index is 0.259. The van der Waals surface area contributed by atoms with Gasteiger partial charge in [-0.3, -0.25) is 0 Å². The predicted molar refractivity (Wildman–Crippen MR) is 95.0 cm³/mol. The smallest absolute Gasteiger partial charge is 0.175 e. The van der Waals surface area contributed by atoms with Crippen LogP contribution in [0.4, 0.5) is 4.39 Å². The highest BCUT2D eigenvalue weighted by Crippen LogP contribution is 2.34. The third-order valence-corrected chi connectivity index (χ3v) is 5.27. The van der Waals surface area contributed by atoms with E-state index >= 15 is 0 Å². The maximum Gasteiger partial charge on any atom is 0.175 e. The van der Waals surface area contributed by atoms with Gasteiger partial charge in [0.2, 0.25) is 0 Å². The number of hydrogen-bond donors (Lipinski definition) is 1. The van der Waals surface area contributed by atoms with Crippen LogP contribution in [0.25, 0.3) is 5.57 Å². The maximum absolute atomic E-state index is 12.9. The molecule has 0 amide bonds. The number of rotatable bonds is 2. The quantitative estimate of drug-likeness (QED) is 0.841. The van der Waals surface area contributed by atoms with Crippen molar-refractivity contribution >= 4 is 15.4 Å². The van der Waals surface area contributed by atoms with Gasteiger partial charge in [0.25, 0.3) is 0 Å². The molecule has 1 unspecified atom stereocenters. The van der Waals surface area contributed by atoms with Crippen LogP contribution in [0.1, 0.15) is 24.0 Å². The molecule has 2 aromatic rings. The van der Waals surface area contributed by atoms with Gasteiger partial charge in [-0.25, -0.2) is 12.8 Å². The minimum Gasteiger partial charge on any atom is -0.388 e.